The van der Waals surface area contributed by atoms with Crippen LogP contribution in [0.3, 0.4) is 0 Å². The number of fused-ring (bicyclic) bond motifs is 1. The Hall–Kier alpha value is -3.32. The molecule has 7 heteroatoms. The van der Waals surface area contributed by atoms with E-state index in [4.69, 9.17) is 19.2 Å². The third kappa shape index (κ3) is 4.63. The van der Waals surface area contributed by atoms with E-state index in [0.717, 1.165) is 48.7 Å². The van der Waals surface area contributed by atoms with Gasteiger partial charge in [-0.2, -0.15) is 0 Å². The minimum Gasteiger partial charge on any atom is -0.497 e. The van der Waals surface area contributed by atoms with Gasteiger partial charge in [0.1, 0.15) is 17.2 Å². The van der Waals surface area contributed by atoms with Gasteiger partial charge in [0, 0.05) is 61.7 Å². The molecule has 7 nitrogen and oxygen atoms in total. The van der Waals surface area contributed by atoms with Gasteiger partial charge in [0.25, 0.3) is 0 Å². The average molecular weight is 406 g/mol. The smallest absolute Gasteiger partial charge is 0.227 e. The van der Waals surface area contributed by atoms with Gasteiger partial charge in [0.15, 0.2) is 0 Å². The van der Waals surface area contributed by atoms with Crippen LogP contribution in [0.2, 0.25) is 0 Å². The molecule has 0 saturated heterocycles. The van der Waals surface area contributed by atoms with Crippen LogP contribution in [0, 0.1) is 0 Å². The fourth-order valence-electron chi connectivity index (χ4n) is 3.61. The second-order valence-corrected chi connectivity index (χ2v) is 7.20. The molecule has 0 saturated carbocycles. The van der Waals surface area contributed by atoms with Crippen LogP contribution in [0.5, 0.6) is 17.2 Å². The van der Waals surface area contributed by atoms with Crippen molar-refractivity contribution in [3.8, 4) is 17.2 Å². The van der Waals surface area contributed by atoms with Gasteiger partial charge in [-0.05, 0) is 17.7 Å². The van der Waals surface area contributed by atoms with Gasteiger partial charge < -0.3 is 19.5 Å². The Balaban J connectivity index is 1.45. The molecule has 156 valence electrons. The molecule has 2 heterocycles. The van der Waals surface area contributed by atoms with E-state index in [1.807, 2.05) is 36.5 Å². The third-order valence-corrected chi connectivity index (χ3v) is 5.16. The molecule has 1 aromatic heterocycles. The lowest BCUT2D eigenvalue weighted by molar-refractivity contribution is 0.242. The number of aromatic nitrogens is 2. The molecule has 1 aliphatic heterocycles. The number of methoxy groups -OCH3 is 3. The van der Waals surface area contributed by atoms with Gasteiger partial charge >= 0.3 is 0 Å². The number of anilines is 2. The number of benzene rings is 2. The minimum absolute atomic E-state index is 0.574. The maximum absolute atomic E-state index is 5.33. The van der Waals surface area contributed by atoms with Crippen molar-refractivity contribution >= 4 is 11.6 Å². The molecule has 3 aromatic rings. The Labute approximate surface area is 176 Å². The largest absolute Gasteiger partial charge is 0.497 e. The second kappa shape index (κ2) is 9.00. The van der Waals surface area contributed by atoms with Crippen molar-refractivity contribution in [2.45, 2.75) is 19.5 Å². The number of rotatable bonds is 7. The molecule has 0 aliphatic carbocycles. The monoisotopic (exact) mass is 406 g/mol. The number of hydrogen-bond acceptors (Lipinski definition) is 7. The van der Waals surface area contributed by atoms with Crippen molar-refractivity contribution in [2.24, 2.45) is 0 Å². The molecule has 30 heavy (non-hydrogen) atoms. The Morgan fingerprint density at radius 3 is 2.47 bits per heavy atom. The average Bonchev–Trinajstić information content (AvgIpc) is 2.79. The van der Waals surface area contributed by atoms with E-state index in [9.17, 15) is 0 Å². The van der Waals surface area contributed by atoms with Crippen molar-refractivity contribution < 1.29 is 14.2 Å². The van der Waals surface area contributed by atoms with Crippen LogP contribution in [0.1, 0.15) is 16.8 Å². The summed E-state index contributed by atoms with van der Waals surface area (Å²) in [5.74, 6) is 2.88. The maximum Gasteiger partial charge on any atom is 0.227 e. The normalized spacial score (nSPS) is 13.4. The lowest BCUT2D eigenvalue weighted by Gasteiger charge is -2.28. The number of ether oxygens (including phenoxy) is 3. The molecule has 4 rings (SSSR count). The summed E-state index contributed by atoms with van der Waals surface area (Å²) in [4.78, 5) is 11.7. The van der Waals surface area contributed by atoms with Crippen LogP contribution in [0.4, 0.5) is 11.6 Å². The molecule has 0 amide bonds. The van der Waals surface area contributed by atoms with Gasteiger partial charge in [-0.3, -0.25) is 4.90 Å². The molecule has 2 aromatic carbocycles. The van der Waals surface area contributed by atoms with Crippen molar-refractivity contribution in [1.82, 2.24) is 14.9 Å². The second-order valence-electron chi connectivity index (χ2n) is 7.20. The first-order valence-corrected chi connectivity index (χ1v) is 9.87. The van der Waals surface area contributed by atoms with Gasteiger partial charge in [-0.15, -0.1) is 0 Å². The predicted molar refractivity (Wildman–Crippen MR) is 116 cm³/mol. The predicted octanol–water partition coefficient (Wildman–Crippen LogP) is 3.80. The standard InChI is InChI=1S/C23H26N4O3/c1-28-19-6-4-5-16(9-19)14-27-8-7-22-17(15-27)13-24-23(26-22)25-18-10-20(29-2)12-21(11-18)30-3/h4-6,9-13H,7-8,14-15H2,1-3H3,(H,24,25,26). The van der Waals surface area contributed by atoms with Crippen molar-refractivity contribution in [3.63, 3.8) is 0 Å². The highest BCUT2D eigenvalue weighted by molar-refractivity contribution is 5.59. The first-order valence-electron chi connectivity index (χ1n) is 9.87. The van der Waals surface area contributed by atoms with Crippen molar-refractivity contribution in [1.29, 1.82) is 0 Å². The lowest BCUT2D eigenvalue weighted by Crippen LogP contribution is -2.31. The Morgan fingerprint density at radius 2 is 1.73 bits per heavy atom. The highest BCUT2D eigenvalue weighted by Crippen LogP contribution is 2.28. The third-order valence-electron chi connectivity index (χ3n) is 5.16. The van der Waals surface area contributed by atoms with Gasteiger partial charge in [0.2, 0.25) is 5.95 Å². The van der Waals surface area contributed by atoms with E-state index in [1.54, 1.807) is 21.3 Å². The van der Waals surface area contributed by atoms with E-state index in [0.29, 0.717) is 17.4 Å². The summed E-state index contributed by atoms with van der Waals surface area (Å²) in [7, 11) is 4.96. The fraction of sp³-hybridized carbons (Fsp3) is 0.304. The molecule has 0 radical (unpaired) electrons. The summed E-state index contributed by atoms with van der Waals surface area (Å²) in [6.07, 6.45) is 2.80. The van der Waals surface area contributed by atoms with Crippen LogP contribution in [0.15, 0.2) is 48.7 Å². The molecule has 0 bridgehead atoms. The zero-order chi connectivity index (χ0) is 20.9. The topological polar surface area (TPSA) is 68.7 Å². The van der Waals surface area contributed by atoms with E-state index < -0.39 is 0 Å². The summed E-state index contributed by atoms with van der Waals surface area (Å²) in [6, 6.07) is 13.8. The Kier molecular flexibility index (Phi) is 5.99. The van der Waals surface area contributed by atoms with Crippen molar-refractivity contribution in [3.05, 3.63) is 65.5 Å². The molecule has 0 unspecified atom stereocenters. The number of nitrogens with zero attached hydrogens (tertiary/aromatic N) is 3. The van der Waals surface area contributed by atoms with Crippen LogP contribution in [0.25, 0.3) is 0 Å². The van der Waals surface area contributed by atoms with Crippen LogP contribution in [-0.4, -0.2) is 42.7 Å². The van der Waals surface area contributed by atoms with Crippen molar-refractivity contribution in [2.75, 3.05) is 33.2 Å². The quantitative estimate of drug-likeness (QED) is 0.640. The molecule has 1 N–H and O–H groups in total. The van der Waals surface area contributed by atoms with Gasteiger partial charge in [-0.1, -0.05) is 12.1 Å². The molecule has 1 aliphatic rings. The van der Waals surface area contributed by atoms with E-state index in [1.165, 1.54) is 5.56 Å². The maximum atomic E-state index is 5.33. The Morgan fingerprint density at radius 1 is 0.967 bits per heavy atom. The zero-order valence-electron chi connectivity index (χ0n) is 17.5. The van der Waals surface area contributed by atoms with E-state index >= 15 is 0 Å². The summed E-state index contributed by atoms with van der Waals surface area (Å²) in [5, 5.41) is 3.26. The first kappa shape index (κ1) is 20.0. The fourth-order valence-corrected chi connectivity index (χ4v) is 3.61. The number of nitrogens with one attached hydrogen (secondary N) is 1. The summed E-state index contributed by atoms with van der Waals surface area (Å²) >= 11 is 0. The molecule has 0 spiro atoms. The molecular weight excluding hydrogens is 380 g/mol. The number of hydrogen-bond donors (Lipinski definition) is 1. The summed E-state index contributed by atoms with van der Waals surface area (Å²) < 4.78 is 16.0. The lowest BCUT2D eigenvalue weighted by atomic mass is 10.1. The van der Waals surface area contributed by atoms with Crippen LogP contribution >= 0.6 is 0 Å². The van der Waals surface area contributed by atoms with Crippen LogP contribution < -0.4 is 19.5 Å². The Bertz CT molecular complexity index is 1000. The SMILES string of the molecule is COc1cccc(CN2CCc3nc(Nc4cc(OC)cc(OC)c4)ncc3C2)c1. The highest BCUT2D eigenvalue weighted by atomic mass is 16.5. The van der Waals surface area contributed by atoms with Gasteiger partial charge in [0.05, 0.1) is 27.0 Å². The van der Waals surface area contributed by atoms with Crippen LogP contribution in [-0.2, 0) is 19.5 Å². The summed E-state index contributed by atoms with van der Waals surface area (Å²) in [6.45, 7) is 2.66. The minimum atomic E-state index is 0.574. The summed E-state index contributed by atoms with van der Waals surface area (Å²) in [5.41, 5.74) is 4.31. The highest BCUT2D eigenvalue weighted by Gasteiger charge is 2.19. The first-order chi connectivity index (χ1) is 14.7. The molecule has 0 fully saturated rings. The molecule has 0 atom stereocenters. The molecular formula is C23H26N4O3. The zero-order valence-corrected chi connectivity index (χ0v) is 17.5. The van der Waals surface area contributed by atoms with Gasteiger partial charge in [-0.25, -0.2) is 9.97 Å². The van der Waals surface area contributed by atoms with E-state index in [2.05, 4.69) is 27.3 Å². The van der Waals surface area contributed by atoms with E-state index in [-0.39, 0.29) is 0 Å².